The fourth-order valence-electron chi connectivity index (χ4n) is 1.73. The highest BCUT2D eigenvalue weighted by Gasteiger charge is 2.20. The van der Waals surface area contributed by atoms with E-state index in [0.29, 0.717) is 5.56 Å². The summed E-state index contributed by atoms with van der Waals surface area (Å²) in [6.45, 7) is 3.48. The van der Waals surface area contributed by atoms with Crippen LogP contribution in [0, 0.1) is 0 Å². The first-order chi connectivity index (χ1) is 9.26. The SMILES string of the molecule is CC(C)(O)Cn1cc(-c2nc(Cl)ncc2C(F)F)cn1. The van der Waals surface area contributed by atoms with E-state index in [9.17, 15) is 13.9 Å². The van der Waals surface area contributed by atoms with Gasteiger partial charge in [0.2, 0.25) is 5.28 Å². The number of rotatable bonds is 4. The van der Waals surface area contributed by atoms with Gasteiger partial charge in [0, 0.05) is 18.0 Å². The van der Waals surface area contributed by atoms with Crippen LogP contribution >= 0.6 is 11.6 Å². The molecule has 108 valence electrons. The average molecular weight is 303 g/mol. The Balaban J connectivity index is 2.39. The zero-order chi connectivity index (χ0) is 14.9. The molecule has 0 unspecified atom stereocenters. The first kappa shape index (κ1) is 14.8. The molecule has 0 bridgehead atoms. The molecule has 0 aromatic carbocycles. The molecule has 0 saturated carbocycles. The highest BCUT2D eigenvalue weighted by Crippen LogP contribution is 2.29. The van der Waals surface area contributed by atoms with Gasteiger partial charge in [-0.15, -0.1) is 0 Å². The van der Waals surface area contributed by atoms with Gasteiger partial charge in [0.25, 0.3) is 6.43 Å². The average Bonchev–Trinajstić information content (AvgIpc) is 2.74. The van der Waals surface area contributed by atoms with E-state index >= 15 is 0 Å². The lowest BCUT2D eigenvalue weighted by Gasteiger charge is -2.16. The van der Waals surface area contributed by atoms with Crippen molar-refractivity contribution in [2.45, 2.75) is 32.4 Å². The molecule has 2 aromatic heterocycles. The summed E-state index contributed by atoms with van der Waals surface area (Å²) >= 11 is 5.65. The molecule has 2 heterocycles. The predicted molar refractivity (Wildman–Crippen MR) is 69.5 cm³/mol. The van der Waals surface area contributed by atoms with Gasteiger partial charge in [-0.3, -0.25) is 4.68 Å². The lowest BCUT2D eigenvalue weighted by Crippen LogP contribution is -2.26. The summed E-state index contributed by atoms with van der Waals surface area (Å²) in [7, 11) is 0. The summed E-state index contributed by atoms with van der Waals surface area (Å²) in [5, 5.41) is 13.6. The van der Waals surface area contributed by atoms with E-state index in [1.807, 2.05) is 0 Å². The largest absolute Gasteiger partial charge is 0.389 e. The zero-order valence-electron chi connectivity index (χ0n) is 10.9. The molecule has 0 fully saturated rings. The molecule has 8 heteroatoms. The minimum atomic E-state index is -2.71. The molecule has 0 spiro atoms. The van der Waals surface area contributed by atoms with Gasteiger partial charge in [-0.1, -0.05) is 0 Å². The number of nitrogens with zero attached hydrogens (tertiary/aromatic N) is 4. The number of aliphatic hydroxyl groups is 1. The first-order valence-electron chi connectivity index (χ1n) is 5.82. The minimum absolute atomic E-state index is 0.0435. The van der Waals surface area contributed by atoms with E-state index in [2.05, 4.69) is 15.1 Å². The van der Waals surface area contributed by atoms with E-state index in [1.165, 1.54) is 17.1 Å². The lowest BCUT2D eigenvalue weighted by atomic mass is 10.1. The second-order valence-electron chi connectivity index (χ2n) is 4.98. The van der Waals surface area contributed by atoms with Crippen LogP contribution in [0.2, 0.25) is 5.28 Å². The van der Waals surface area contributed by atoms with Crippen molar-refractivity contribution in [3.63, 3.8) is 0 Å². The fourth-order valence-corrected chi connectivity index (χ4v) is 1.86. The van der Waals surface area contributed by atoms with Gasteiger partial charge < -0.3 is 5.11 Å². The van der Waals surface area contributed by atoms with Crippen molar-refractivity contribution in [3.8, 4) is 11.3 Å². The van der Waals surface area contributed by atoms with Crippen molar-refractivity contribution in [3.05, 3.63) is 29.4 Å². The molecule has 2 aromatic rings. The maximum atomic E-state index is 12.9. The maximum Gasteiger partial charge on any atom is 0.267 e. The van der Waals surface area contributed by atoms with Crippen molar-refractivity contribution in [1.29, 1.82) is 0 Å². The summed E-state index contributed by atoms with van der Waals surface area (Å²) in [4.78, 5) is 7.39. The number of alkyl halides is 2. The second kappa shape index (κ2) is 5.41. The minimum Gasteiger partial charge on any atom is -0.389 e. The van der Waals surface area contributed by atoms with E-state index < -0.39 is 12.0 Å². The van der Waals surface area contributed by atoms with E-state index in [4.69, 9.17) is 11.6 Å². The van der Waals surface area contributed by atoms with Crippen LogP contribution in [0.25, 0.3) is 11.3 Å². The van der Waals surface area contributed by atoms with Crippen LogP contribution in [0.15, 0.2) is 18.6 Å². The van der Waals surface area contributed by atoms with Gasteiger partial charge in [-0.05, 0) is 25.4 Å². The quantitative estimate of drug-likeness (QED) is 0.882. The molecule has 0 amide bonds. The second-order valence-corrected chi connectivity index (χ2v) is 5.32. The van der Waals surface area contributed by atoms with Gasteiger partial charge in [-0.25, -0.2) is 18.7 Å². The third kappa shape index (κ3) is 3.49. The van der Waals surface area contributed by atoms with Gasteiger partial charge in [0.05, 0.1) is 29.6 Å². The molecule has 1 N–H and O–H groups in total. The molecule has 20 heavy (non-hydrogen) atoms. The zero-order valence-corrected chi connectivity index (χ0v) is 11.6. The van der Waals surface area contributed by atoms with Gasteiger partial charge in [0.1, 0.15) is 0 Å². The molecule has 0 radical (unpaired) electrons. The van der Waals surface area contributed by atoms with Gasteiger partial charge in [0.15, 0.2) is 0 Å². The first-order valence-corrected chi connectivity index (χ1v) is 6.20. The molecular formula is C12H13ClF2N4O. The maximum absolute atomic E-state index is 12.9. The number of hydrogen-bond donors (Lipinski definition) is 1. The molecule has 0 atom stereocenters. The van der Waals surface area contributed by atoms with Crippen LogP contribution in [0.3, 0.4) is 0 Å². The summed E-state index contributed by atoms with van der Waals surface area (Å²) in [5.41, 5.74) is -0.828. The highest BCUT2D eigenvalue weighted by atomic mass is 35.5. The van der Waals surface area contributed by atoms with Crippen LogP contribution < -0.4 is 0 Å². The Labute approximate surface area is 119 Å². The molecule has 2 rings (SSSR count). The standard InChI is InChI=1S/C12H13ClF2N4O/c1-12(2,20)6-19-5-7(3-17-19)9-8(10(14)15)4-16-11(13)18-9/h3-5,10,20H,6H2,1-2H3. The Morgan fingerprint density at radius 3 is 2.70 bits per heavy atom. The highest BCUT2D eigenvalue weighted by molar-refractivity contribution is 6.28. The van der Waals surface area contributed by atoms with Crippen LogP contribution in [-0.2, 0) is 6.54 Å². The Kier molecular flexibility index (Phi) is 4.01. The molecule has 0 aliphatic rings. The smallest absolute Gasteiger partial charge is 0.267 e. The van der Waals surface area contributed by atoms with E-state index in [1.54, 1.807) is 13.8 Å². The Bertz CT molecular complexity index is 610. The number of hydrogen-bond acceptors (Lipinski definition) is 4. The van der Waals surface area contributed by atoms with Crippen molar-refractivity contribution >= 4 is 11.6 Å². The van der Waals surface area contributed by atoms with Crippen LogP contribution in [0.4, 0.5) is 8.78 Å². The van der Waals surface area contributed by atoms with E-state index in [-0.39, 0.29) is 23.1 Å². The molecule has 0 aliphatic heterocycles. The molecule has 0 saturated heterocycles. The summed E-state index contributed by atoms with van der Waals surface area (Å²) < 4.78 is 27.3. The van der Waals surface area contributed by atoms with Gasteiger partial charge in [-0.2, -0.15) is 5.10 Å². The van der Waals surface area contributed by atoms with Crippen molar-refractivity contribution in [2.75, 3.05) is 0 Å². The number of aromatic nitrogens is 4. The third-order valence-electron chi connectivity index (χ3n) is 2.48. The monoisotopic (exact) mass is 302 g/mol. The fraction of sp³-hybridized carbons (Fsp3) is 0.417. The number of halogens is 3. The Morgan fingerprint density at radius 2 is 2.10 bits per heavy atom. The van der Waals surface area contributed by atoms with E-state index in [0.717, 1.165) is 6.20 Å². The van der Waals surface area contributed by atoms with Crippen LogP contribution in [-0.4, -0.2) is 30.5 Å². The van der Waals surface area contributed by atoms with Crippen molar-refractivity contribution < 1.29 is 13.9 Å². The summed E-state index contributed by atoms with van der Waals surface area (Å²) in [6, 6.07) is 0. The molecular weight excluding hydrogens is 290 g/mol. The Morgan fingerprint density at radius 1 is 1.40 bits per heavy atom. The molecule has 5 nitrogen and oxygen atoms in total. The molecule has 0 aliphatic carbocycles. The summed E-state index contributed by atoms with van der Waals surface area (Å²) in [5.74, 6) is 0. The third-order valence-corrected chi connectivity index (χ3v) is 2.66. The lowest BCUT2D eigenvalue weighted by molar-refractivity contribution is 0.0577. The topological polar surface area (TPSA) is 63.8 Å². The Hall–Kier alpha value is -1.60. The van der Waals surface area contributed by atoms with Crippen LogP contribution in [0.1, 0.15) is 25.8 Å². The van der Waals surface area contributed by atoms with Crippen LogP contribution in [0.5, 0.6) is 0 Å². The summed E-state index contributed by atoms with van der Waals surface area (Å²) in [6.07, 6.45) is 1.22. The normalized spacial score (nSPS) is 12.2. The van der Waals surface area contributed by atoms with Crippen molar-refractivity contribution in [2.24, 2.45) is 0 Å². The predicted octanol–water partition coefficient (Wildman–Crippen LogP) is 2.70. The van der Waals surface area contributed by atoms with Gasteiger partial charge >= 0.3 is 0 Å². The van der Waals surface area contributed by atoms with Crippen molar-refractivity contribution in [1.82, 2.24) is 19.7 Å².